The number of imide groups is 1. The van der Waals surface area contributed by atoms with Crippen LogP contribution in [0.3, 0.4) is 0 Å². The van der Waals surface area contributed by atoms with Gasteiger partial charge < -0.3 is 4.74 Å². The summed E-state index contributed by atoms with van der Waals surface area (Å²) in [6.45, 7) is 1.97. The predicted molar refractivity (Wildman–Crippen MR) is 71.3 cm³/mol. The van der Waals surface area contributed by atoms with Crippen LogP contribution < -0.4 is 0 Å². The molecule has 1 heterocycles. The monoisotopic (exact) mass is 280 g/mol. The van der Waals surface area contributed by atoms with E-state index in [1.165, 1.54) is 12.0 Å². The molecule has 1 atom stereocenters. The zero-order valence-corrected chi connectivity index (χ0v) is 11.3. The van der Waals surface area contributed by atoms with Gasteiger partial charge in [0.1, 0.15) is 0 Å². The van der Waals surface area contributed by atoms with Crippen LogP contribution in [-0.2, 0) is 4.74 Å². The van der Waals surface area contributed by atoms with Gasteiger partial charge in [-0.15, -0.1) is 4.51 Å². The molecule has 0 spiro atoms. The standard InChI is InChI=1S/C13H13ClN2O3/c1-8(11(15-14)19-2)7-16-12(17)9-5-3-4-6-10(9)13(16)18/h3-6,8H,7H2,1-2H3/b15-11+. The van der Waals surface area contributed by atoms with Crippen molar-refractivity contribution in [1.82, 2.24) is 4.90 Å². The SMILES string of the molecule is CO/C(=N/Cl)C(C)CN1C(=O)c2ccccc2C1=O. The van der Waals surface area contributed by atoms with Crippen molar-refractivity contribution in [1.29, 1.82) is 0 Å². The van der Waals surface area contributed by atoms with Crippen molar-refractivity contribution in [3.8, 4) is 0 Å². The molecule has 6 heteroatoms. The Kier molecular flexibility index (Phi) is 3.85. The van der Waals surface area contributed by atoms with Crippen LogP contribution in [0.1, 0.15) is 27.6 Å². The van der Waals surface area contributed by atoms with Crippen molar-refractivity contribution in [2.45, 2.75) is 6.92 Å². The predicted octanol–water partition coefficient (Wildman–Crippen LogP) is 2.12. The number of rotatable bonds is 3. The molecular weight excluding hydrogens is 268 g/mol. The van der Waals surface area contributed by atoms with Crippen LogP contribution in [0.4, 0.5) is 0 Å². The van der Waals surface area contributed by atoms with E-state index in [0.717, 1.165) is 0 Å². The number of nitrogens with zero attached hydrogens (tertiary/aromatic N) is 2. The second kappa shape index (κ2) is 5.40. The van der Waals surface area contributed by atoms with Gasteiger partial charge in [-0.05, 0) is 12.1 Å². The number of benzene rings is 1. The minimum atomic E-state index is -0.294. The van der Waals surface area contributed by atoms with Gasteiger partial charge in [0.25, 0.3) is 11.8 Å². The molecule has 2 rings (SSSR count). The van der Waals surface area contributed by atoms with Crippen molar-refractivity contribution >= 4 is 29.5 Å². The van der Waals surface area contributed by atoms with E-state index >= 15 is 0 Å². The first kappa shape index (κ1) is 13.5. The zero-order valence-electron chi connectivity index (χ0n) is 10.6. The molecule has 1 aromatic rings. The Balaban J connectivity index is 2.21. The van der Waals surface area contributed by atoms with E-state index in [0.29, 0.717) is 17.0 Å². The summed E-state index contributed by atoms with van der Waals surface area (Å²) in [5, 5.41) is 0. The molecule has 100 valence electrons. The molecule has 0 aromatic heterocycles. The number of ether oxygens (including phenoxy) is 1. The normalized spacial score (nSPS) is 16.6. The van der Waals surface area contributed by atoms with Crippen LogP contribution in [0.5, 0.6) is 0 Å². The van der Waals surface area contributed by atoms with Gasteiger partial charge in [0.2, 0.25) is 5.90 Å². The van der Waals surface area contributed by atoms with Gasteiger partial charge in [-0.2, -0.15) is 0 Å². The highest BCUT2D eigenvalue weighted by Crippen LogP contribution is 2.23. The average Bonchev–Trinajstić information content (AvgIpc) is 2.66. The Morgan fingerprint density at radius 2 is 1.84 bits per heavy atom. The average molecular weight is 281 g/mol. The minimum Gasteiger partial charge on any atom is -0.483 e. The van der Waals surface area contributed by atoms with Gasteiger partial charge >= 0.3 is 0 Å². The number of methoxy groups -OCH3 is 1. The van der Waals surface area contributed by atoms with E-state index < -0.39 is 0 Å². The highest BCUT2D eigenvalue weighted by Gasteiger charge is 2.36. The number of halogens is 1. The summed E-state index contributed by atoms with van der Waals surface area (Å²) in [4.78, 5) is 25.5. The number of carbonyl (C=O) groups excluding carboxylic acids is 2. The minimum absolute atomic E-state index is 0.186. The van der Waals surface area contributed by atoms with Gasteiger partial charge in [0.05, 0.1) is 24.2 Å². The third-order valence-corrected chi connectivity index (χ3v) is 3.22. The number of hydrogen-bond donors (Lipinski definition) is 0. The maximum absolute atomic E-state index is 12.1. The number of amides is 2. The van der Waals surface area contributed by atoms with Crippen molar-refractivity contribution in [2.75, 3.05) is 13.7 Å². The zero-order chi connectivity index (χ0) is 14.0. The van der Waals surface area contributed by atoms with Gasteiger partial charge in [-0.1, -0.05) is 19.1 Å². The molecule has 1 unspecified atom stereocenters. The summed E-state index contributed by atoms with van der Waals surface area (Å²) in [5.74, 6) is -0.558. The lowest BCUT2D eigenvalue weighted by atomic mass is 10.1. The largest absolute Gasteiger partial charge is 0.483 e. The molecule has 5 nitrogen and oxygen atoms in total. The molecule has 2 amide bonds. The number of hydrogen-bond acceptors (Lipinski definition) is 4. The second-order valence-corrected chi connectivity index (χ2v) is 4.46. The molecule has 0 fully saturated rings. The third kappa shape index (κ3) is 2.33. The first-order valence-electron chi connectivity index (χ1n) is 5.78. The molecule has 1 aliphatic heterocycles. The first-order chi connectivity index (χ1) is 9.10. The highest BCUT2D eigenvalue weighted by atomic mass is 35.5. The van der Waals surface area contributed by atoms with Gasteiger partial charge in [0, 0.05) is 18.3 Å². The number of fused-ring (bicyclic) bond motifs is 1. The van der Waals surface area contributed by atoms with Crippen molar-refractivity contribution < 1.29 is 14.3 Å². The Hall–Kier alpha value is -1.88. The summed E-state index contributed by atoms with van der Waals surface area (Å²) in [6, 6.07) is 6.76. The lowest BCUT2D eigenvalue weighted by Gasteiger charge is -2.19. The Morgan fingerprint density at radius 1 is 1.32 bits per heavy atom. The van der Waals surface area contributed by atoms with Crippen LogP contribution in [0.2, 0.25) is 0 Å². The third-order valence-electron chi connectivity index (χ3n) is 3.05. The van der Waals surface area contributed by atoms with E-state index in [2.05, 4.69) is 4.51 Å². The van der Waals surface area contributed by atoms with Crippen LogP contribution in [0, 0.1) is 5.92 Å². The molecule has 1 aliphatic rings. The lowest BCUT2D eigenvalue weighted by molar-refractivity contribution is 0.0641. The summed E-state index contributed by atoms with van der Waals surface area (Å²) in [7, 11) is 1.44. The number of carbonyl (C=O) groups is 2. The Labute approximate surface area is 115 Å². The summed E-state index contributed by atoms with van der Waals surface area (Å²) in [5.41, 5.74) is 0.864. The summed E-state index contributed by atoms with van der Waals surface area (Å²) in [6.07, 6.45) is 0. The molecule has 0 aliphatic carbocycles. The smallest absolute Gasteiger partial charge is 0.261 e. The van der Waals surface area contributed by atoms with Crippen molar-refractivity contribution in [3.63, 3.8) is 0 Å². The molecule has 0 saturated heterocycles. The van der Waals surface area contributed by atoms with E-state index in [9.17, 15) is 9.59 Å². The Bertz CT molecular complexity index is 522. The van der Waals surface area contributed by atoms with Crippen LogP contribution in [0.15, 0.2) is 28.8 Å². The highest BCUT2D eigenvalue weighted by molar-refractivity contribution is 6.22. The summed E-state index contributed by atoms with van der Waals surface area (Å²) >= 11 is 5.38. The van der Waals surface area contributed by atoms with E-state index in [1.54, 1.807) is 31.2 Å². The molecule has 0 N–H and O–H groups in total. The second-order valence-electron chi connectivity index (χ2n) is 4.29. The fraction of sp³-hybridized carbons (Fsp3) is 0.308. The molecule has 0 saturated carbocycles. The van der Waals surface area contributed by atoms with E-state index in [1.807, 2.05) is 0 Å². The summed E-state index contributed by atoms with van der Waals surface area (Å²) < 4.78 is 8.45. The van der Waals surface area contributed by atoms with Gasteiger partial charge in [0.15, 0.2) is 0 Å². The molecule has 0 radical (unpaired) electrons. The molecule has 0 bridgehead atoms. The van der Waals surface area contributed by atoms with Crippen LogP contribution in [-0.4, -0.2) is 36.3 Å². The maximum atomic E-state index is 12.1. The van der Waals surface area contributed by atoms with Crippen LogP contribution in [0.25, 0.3) is 0 Å². The molecule has 19 heavy (non-hydrogen) atoms. The first-order valence-corrected chi connectivity index (χ1v) is 6.12. The Morgan fingerprint density at radius 3 is 2.26 bits per heavy atom. The van der Waals surface area contributed by atoms with E-state index in [4.69, 9.17) is 16.5 Å². The van der Waals surface area contributed by atoms with E-state index in [-0.39, 0.29) is 24.3 Å². The van der Waals surface area contributed by atoms with Gasteiger partial charge in [-0.3, -0.25) is 14.5 Å². The lowest BCUT2D eigenvalue weighted by Crippen LogP contribution is -2.36. The fourth-order valence-corrected chi connectivity index (χ4v) is 2.31. The van der Waals surface area contributed by atoms with Crippen LogP contribution >= 0.6 is 11.8 Å². The fourth-order valence-electron chi connectivity index (χ4n) is 2.08. The van der Waals surface area contributed by atoms with Gasteiger partial charge in [-0.25, -0.2) is 0 Å². The maximum Gasteiger partial charge on any atom is 0.261 e. The quantitative estimate of drug-likeness (QED) is 0.484. The topological polar surface area (TPSA) is 59.0 Å². The molecule has 1 aromatic carbocycles. The van der Waals surface area contributed by atoms with Crippen molar-refractivity contribution in [2.24, 2.45) is 10.4 Å². The van der Waals surface area contributed by atoms with Crippen molar-refractivity contribution in [3.05, 3.63) is 35.4 Å². The molecular formula is C13H13ClN2O3.